The van der Waals surface area contributed by atoms with Gasteiger partial charge in [-0.05, 0) is 67.6 Å². The SMILES string of the molecule is CC(=O)c1cccc(S(=O)(=O)N(Cc2ccco2)Cc2cc3ccc(C)c(C)c3[nH]c2=O)c1. The van der Waals surface area contributed by atoms with E-state index in [-0.39, 0.29) is 29.3 Å². The van der Waals surface area contributed by atoms with Crippen LogP contribution in [0.25, 0.3) is 10.9 Å². The van der Waals surface area contributed by atoms with Gasteiger partial charge in [0.2, 0.25) is 10.0 Å². The highest BCUT2D eigenvalue weighted by Crippen LogP contribution is 2.24. The van der Waals surface area contributed by atoms with Crippen LogP contribution < -0.4 is 5.56 Å². The minimum Gasteiger partial charge on any atom is -0.468 e. The number of aryl methyl sites for hydroxylation is 2. The molecule has 0 unspecified atom stereocenters. The van der Waals surface area contributed by atoms with E-state index in [2.05, 4.69) is 4.98 Å². The van der Waals surface area contributed by atoms with Crippen molar-refractivity contribution in [1.82, 2.24) is 9.29 Å². The third-order valence-corrected chi connectivity index (χ3v) is 7.55. The number of pyridine rings is 1. The maximum atomic E-state index is 13.6. The van der Waals surface area contributed by atoms with Crippen LogP contribution in [-0.2, 0) is 23.1 Å². The minimum atomic E-state index is -4.05. The molecule has 0 aliphatic rings. The number of ketones is 1. The van der Waals surface area contributed by atoms with Crippen molar-refractivity contribution in [3.63, 3.8) is 0 Å². The summed E-state index contributed by atoms with van der Waals surface area (Å²) in [6.07, 6.45) is 1.46. The number of aromatic nitrogens is 1. The predicted molar refractivity (Wildman–Crippen MR) is 126 cm³/mol. The Morgan fingerprint density at radius 1 is 1.03 bits per heavy atom. The van der Waals surface area contributed by atoms with E-state index in [1.54, 1.807) is 24.3 Å². The van der Waals surface area contributed by atoms with Gasteiger partial charge in [0.05, 0.1) is 23.2 Å². The zero-order valence-corrected chi connectivity index (χ0v) is 19.4. The van der Waals surface area contributed by atoms with Crippen molar-refractivity contribution in [2.45, 2.75) is 38.8 Å². The number of sulfonamides is 1. The first kappa shape index (κ1) is 22.7. The molecule has 33 heavy (non-hydrogen) atoms. The molecule has 2 aromatic carbocycles. The number of Topliss-reactive ketones (excluding diaryl/α,β-unsaturated/α-hetero) is 1. The molecule has 0 atom stereocenters. The molecule has 7 nitrogen and oxygen atoms in total. The van der Waals surface area contributed by atoms with Crippen molar-refractivity contribution in [2.75, 3.05) is 0 Å². The van der Waals surface area contributed by atoms with Crippen LogP contribution in [0.1, 0.15) is 39.7 Å². The molecule has 0 saturated heterocycles. The molecule has 0 amide bonds. The van der Waals surface area contributed by atoms with E-state index >= 15 is 0 Å². The number of carbonyl (C=O) groups is 1. The van der Waals surface area contributed by atoms with E-state index in [0.29, 0.717) is 16.9 Å². The number of nitrogens with one attached hydrogen (secondary N) is 1. The van der Waals surface area contributed by atoms with Crippen LogP contribution >= 0.6 is 0 Å². The summed E-state index contributed by atoms with van der Waals surface area (Å²) in [5.74, 6) is 0.200. The maximum absolute atomic E-state index is 13.6. The molecule has 2 heterocycles. The van der Waals surface area contributed by atoms with Gasteiger partial charge in [0.15, 0.2) is 5.78 Å². The Morgan fingerprint density at radius 2 is 1.82 bits per heavy atom. The normalized spacial score (nSPS) is 11.9. The standard InChI is InChI=1S/C25H24N2O5S/c1-16-9-10-20-12-21(25(29)26-24(20)17(16)2)14-27(15-22-7-5-11-32-22)33(30,31)23-8-4-6-19(13-23)18(3)28/h4-13H,14-15H2,1-3H3,(H,26,29). The van der Waals surface area contributed by atoms with E-state index in [1.165, 1.54) is 35.7 Å². The Balaban J connectivity index is 1.79. The van der Waals surface area contributed by atoms with Crippen molar-refractivity contribution in [1.29, 1.82) is 0 Å². The molecule has 0 spiro atoms. The predicted octanol–water partition coefficient (Wildman–Crippen LogP) is 4.33. The van der Waals surface area contributed by atoms with Crippen molar-refractivity contribution in [3.8, 4) is 0 Å². The molecule has 0 bridgehead atoms. The average molecular weight is 465 g/mol. The Morgan fingerprint density at radius 3 is 2.52 bits per heavy atom. The highest BCUT2D eigenvalue weighted by molar-refractivity contribution is 7.89. The third-order valence-electron chi connectivity index (χ3n) is 5.77. The molecule has 4 aromatic rings. The molecule has 0 saturated carbocycles. The van der Waals surface area contributed by atoms with Gasteiger partial charge in [-0.1, -0.05) is 24.3 Å². The number of hydrogen-bond donors (Lipinski definition) is 1. The second kappa shape index (κ2) is 8.80. The number of carbonyl (C=O) groups excluding carboxylic acids is 1. The van der Waals surface area contributed by atoms with Gasteiger partial charge < -0.3 is 9.40 Å². The van der Waals surface area contributed by atoms with Gasteiger partial charge >= 0.3 is 0 Å². The van der Waals surface area contributed by atoms with Gasteiger partial charge in [-0.15, -0.1) is 0 Å². The lowest BCUT2D eigenvalue weighted by Crippen LogP contribution is -2.32. The molecule has 1 N–H and O–H groups in total. The van der Waals surface area contributed by atoms with Crippen molar-refractivity contribution in [3.05, 3.63) is 99.2 Å². The molecule has 0 fully saturated rings. The van der Waals surface area contributed by atoms with E-state index in [9.17, 15) is 18.0 Å². The topological polar surface area (TPSA) is 100 Å². The van der Waals surface area contributed by atoms with Gasteiger partial charge in [0, 0.05) is 17.7 Å². The van der Waals surface area contributed by atoms with Crippen molar-refractivity contribution >= 4 is 26.7 Å². The second-order valence-electron chi connectivity index (χ2n) is 8.03. The number of hydrogen-bond acceptors (Lipinski definition) is 5. The molecular weight excluding hydrogens is 440 g/mol. The summed E-state index contributed by atoms with van der Waals surface area (Å²) in [4.78, 5) is 27.6. The van der Waals surface area contributed by atoms with E-state index < -0.39 is 10.0 Å². The van der Waals surface area contributed by atoms with Crippen LogP contribution in [0.2, 0.25) is 0 Å². The second-order valence-corrected chi connectivity index (χ2v) is 9.97. The van der Waals surface area contributed by atoms with Gasteiger partial charge in [-0.2, -0.15) is 4.31 Å². The van der Waals surface area contributed by atoms with Gasteiger partial charge in [0.1, 0.15) is 5.76 Å². The van der Waals surface area contributed by atoms with Crippen LogP contribution in [-0.4, -0.2) is 23.5 Å². The van der Waals surface area contributed by atoms with E-state index in [4.69, 9.17) is 4.42 Å². The summed E-state index contributed by atoms with van der Waals surface area (Å²) in [7, 11) is -4.05. The molecule has 170 valence electrons. The maximum Gasteiger partial charge on any atom is 0.252 e. The number of fused-ring (bicyclic) bond motifs is 1. The van der Waals surface area contributed by atoms with Crippen molar-refractivity contribution in [2.24, 2.45) is 0 Å². The smallest absolute Gasteiger partial charge is 0.252 e. The van der Waals surface area contributed by atoms with Crippen LogP contribution in [0.3, 0.4) is 0 Å². The van der Waals surface area contributed by atoms with E-state index in [1.807, 2.05) is 26.0 Å². The molecule has 0 radical (unpaired) electrons. The number of rotatable bonds is 7. The number of benzene rings is 2. The minimum absolute atomic E-state index is 0.0227. The Kier molecular flexibility index (Phi) is 6.05. The lowest BCUT2D eigenvalue weighted by atomic mass is 10.0. The fourth-order valence-corrected chi connectivity index (χ4v) is 5.14. The van der Waals surface area contributed by atoms with Crippen LogP contribution in [0, 0.1) is 13.8 Å². The first-order valence-corrected chi connectivity index (χ1v) is 11.9. The highest BCUT2D eigenvalue weighted by atomic mass is 32.2. The largest absolute Gasteiger partial charge is 0.468 e. The zero-order chi connectivity index (χ0) is 23.8. The number of H-pyrrole nitrogens is 1. The Labute approximate surface area is 191 Å². The summed E-state index contributed by atoms with van der Waals surface area (Å²) in [5.41, 5.74) is 3.01. The molecule has 2 aromatic heterocycles. The fourth-order valence-electron chi connectivity index (χ4n) is 3.70. The first-order valence-electron chi connectivity index (χ1n) is 10.4. The first-order chi connectivity index (χ1) is 15.7. The number of nitrogens with zero attached hydrogens (tertiary/aromatic N) is 1. The Hall–Kier alpha value is -3.49. The monoisotopic (exact) mass is 464 g/mol. The summed E-state index contributed by atoms with van der Waals surface area (Å²) in [6, 6.07) is 14.8. The quantitative estimate of drug-likeness (QED) is 0.410. The van der Waals surface area contributed by atoms with E-state index in [0.717, 1.165) is 22.0 Å². The Bertz CT molecular complexity index is 1500. The zero-order valence-electron chi connectivity index (χ0n) is 18.6. The average Bonchev–Trinajstić information content (AvgIpc) is 3.30. The summed E-state index contributed by atoms with van der Waals surface area (Å²) in [6.45, 7) is 5.05. The lowest BCUT2D eigenvalue weighted by Gasteiger charge is -2.21. The molecule has 4 rings (SSSR count). The molecule has 0 aliphatic carbocycles. The molecule has 8 heteroatoms. The summed E-state index contributed by atoms with van der Waals surface area (Å²) < 4.78 is 33.7. The summed E-state index contributed by atoms with van der Waals surface area (Å²) >= 11 is 0. The third kappa shape index (κ3) is 4.53. The summed E-state index contributed by atoms with van der Waals surface area (Å²) in [5, 5.41) is 0.821. The highest BCUT2D eigenvalue weighted by Gasteiger charge is 2.27. The van der Waals surface area contributed by atoms with Crippen LogP contribution in [0.4, 0.5) is 0 Å². The fraction of sp³-hybridized carbons (Fsp3) is 0.200. The lowest BCUT2D eigenvalue weighted by molar-refractivity contribution is 0.101. The molecule has 0 aliphatic heterocycles. The van der Waals surface area contributed by atoms with Gasteiger partial charge in [0.25, 0.3) is 5.56 Å². The van der Waals surface area contributed by atoms with Gasteiger partial charge in [-0.3, -0.25) is 9.59 Å². The molecular formula is C25H24N2O5S. The van der Waals surface area contributed by atoms with Crippen LogP contribution in [0.5, 0.6) is 0 Å². The van der Waals surface area contributed by atoms with Gasteiger partial charge in [-0.25, -0.2) is 8.42 Å². The van der Waals surface area contributed by atoms with Crippen molar-refractivity contribution < 1.29 is 17.6 Å². The number of furan rings is 1. The number of aromatic amines is 1. The van der Waals surface area contributed by atoms with Crippen LogP contribution in [0.15, 0.2) is 75.0 Å².